The molecule has 3 aromatic rings. The Morgan fingerprint density at radius 3 is 2.86 bits per heavy atom. The molecule has 0 spiro atoms. The molecule has 7 heteroatoms. The lowest BCUT2D eigenvalue weighted by molar-refractivity contribution is 0.177. The average molecular weight is 396 g/mol. The Morgan fingerprint density at radius 1 is 1.18 bits per heavy atom. The van der Waals surface area contributed by atoms with Crippen LogP contribution in [0, 0.1) is 12.8 Å². The van der Waals surface area contributed by atoms with Gasteiger partial charge in [0.25, 0.3) is 5.56 Å². The molecule has 6 nitrogen and oxygen atoms in total. The number of para-hydroxylation sites is 1. The van der Waals surface area contributed by atoms with Gasteiger partial charge in [0.05, 0.1) is 5.69 Å². The Bertz CT molecular complexity index is 1050. The van der Waals surface area contributed by atoms with Crippen LogP contribution in [0.15, 0.2) is 35.1 Å². The highest BCUT2D eigenvalue weighted by Gasteiger charge is 2.25. The molecule has 2 aliphatic rings. The normalized spacial score (nSPS) is 18.1. The second-order valence-electron chi connectivity index (χ2n) is 7.95. The van der Waals surface area contributed by atoms with Gasteiger partial charge in [-0.2, -0.15) is 9.61 Å². The molecule has 146 valence electrons. The first-order valence-electron chi connectivity index (χ1n) is 10.1. The zero-order chi connectivity index (χ0) is 19.1. The summed E-state index contributed by atoms with van der Waals surface area (Å²) in [5, 5.41) is 5.08. The summed E-state index contributed by atoms with van der Waals surface area (Å²) < 4.78 is 1.41. The fourth-order valence-electron chi connectivity index (χ4n) is 4.50. The maximum atomic E-state index is 12.2. The number of fused-ring (bicyclic) bond motifs is 2. The van der Waals surface area contributed by atoms with E-state index >= 15 is 0 Å². The monoisotopic (exact) mass is 395 g/mol. The largest absolute Gasteiger partial charge is 0.371 e. The lowest BCUT2D eigenvalue weighted by Crippen LogP contribution is -2.38. The van der Waals surface area contributed by atoms with Crippen molar-refractivity contribution in [3.8, 4) is 0 Å². The van der Waals surface area contributed by atoms with Gasteiger partial charge in [-0.15, -0.1) is 0 Å². The molecule has 0 aliphatic carbocycles. The smallest absolute Gasteiger partial charge is 0.275 e. The summed E-state index contributed by atoms with van der Waals surface area (Å²) in [6.07, 6.45) is 3.59. The van der Waals surface area contributed by atoms with E-state index in [1.807, 2.05) is 6.92 Å². The Hall–Kier alpha value is -2.25. The molecule has 2 aliphatic heterocycles. The average Bonchev–Trinajstić information content (AvgIpc) is 3.27. The third kappa shape index (κ3) is 3.44. The maximum Gasteiger partial charge on any atom is 0.275 e. The summed E-state index contributed by atoms with van der Waals surface area (Å²) in [5.74, 6) is 0.743. The number of likely N-dealkylation sites (tertiary alicyclic amines) is 1. The van der Waals surface area contributed by atoms with E-state index < -0.39 is 0 Å². The molecule has 4 heterocycles. The van der Waals surface area contributed by atoms with E-state index in [2.05, 4.69) is 44.1 Å². The lowest BCUT2D eigenvalue weighted by atomic mass is 9.96. The SMILES string of the molecule is Cc1nn2c(=O)cc(CN3CCC(CN4CCc5ccccc54)CC3)nc2s1. The van der Waals surface area contributed by atoms with Crippen molar-refractivity contribution >= 4 is 22.0 Å². The number of aryl methyl sites for hydroxylation is 1. The molecule has 0 N–H and O–H groups in total. The summed E-state index contributed by atoms with van der Waals surface area (Å²) in [5.41, 5.74) is 3.71. The van der Waals surface area contributed by atoms with Crippen LogP contribution in [0.3, 0.4) is 0 Å². The van der Waals surface area contributed by atoms with Crippen molar-refractivity contribution in [1.82, 2.24) is 19.5 Å². The van der Waals surface area contributed by atoms with Crippen LogP contribution in [0.5, 0.6) is 0 Å². The molecule has 0 bridgehead atoms. The van der Waals surface area contributed by atoms with Crippen LogP contribution in [0.1, 0.15) is 29.1 Å². The van der Waals surface area contributed by atoms with E-state index in [0.29, 0.717) is 4.96 Å². The van der Waals surface area contributed by atoms with Crippen molar-refractivity contribution in [3.63, 3.8) is 0 Å². The van der Waals surface area contributed by atoms with Crippen molar-refractivity contribution < 1.29 is 0 Å². The zero-order valence-electron chi connectivity index (χ0n) is 16.2. The van der Waals surface area contributed by atoms with E-state index in [1.54, 1.807) is 6.07 Å². The number of rotatable bonds is 4. The summed E-state index contributed by atoms with van der Waals surface area (Å²) in [6.45, 7) is 7.12. The van der Waals surface area contributed by atoms with Gasteiger partial charge < -0.3 is 4.90 Å². The molecule has 0 saturated carbocycles. The van der Waals surface area contributed by atoms with Crippen LogP contribution in [0.2, 0.25) is 0 Å². The van der Waals surface area contributed by atoms with Crippen molar-refractivity contribution in [2.24, 2.45) is 5.92 Å². The van der Waals surface area contributed by atoms with Crippen LogP contribution in [-0.2, 0) is 13.0 Å². The molecule has 0 radical (unpaired) electrons. The summed E-state index contributed by atoms with van der Waals surface area (Å²) in [7, 11) is 0. The molecule has 0 unspecified atom stereocenters. The van der Waals surface area contributed by atoms with Crippen LogP contribution in [0.4, 0.5) is 5.69 Å². The molecular weight excluding hydrogens is 370 g/mol. The second-order valence-corrected chi connectivity index (χ2v) is 9.11. The topological polar surface area (TPSA) is 53.7 Å². The lowest BCUT2D eigenvalue weighted by Gasteiger charge is -2.34. The molecular formula is C21H25N5OS. The summed E-state index contributed by atoms with van der Waals surface area (Å²) in [4.78, 5) is 22.6. The van der Waals surface area contributed by atoms with E-state index in [0.717, 1.165) is 49.3 Å². The Kier molecular flexibility index (Phi) is 4.64. The van der Waals surface area contributed by atoms with Crippen LogP contribution >= 0.6 is 11.3 Å². The number of nitrogens with zero attached hydrogens (tertiary/aromatic N) is 5. The predicted molar refractivity (Wildman–Crippen MR) is 112 cm³/mol. The predicted octanol–water partition coefficient (Wildman–Crippen LogP) is 2.73. The standard InChI is InChI=1S/C21H25N5OS/c1-15-23-26-20(27)12-18(22-21(26)28-15)14-24-9-6-16(7-10-24)13-25-11-8-17-4-2-3-5-19(17)25/h2-5,12,16H,6-11,13-14H2,1H3. The highest BCUT2D eigenvalue weighted by Crippen LogP contribution is 2.30. The molecule has 0 atom stereocenters. The van der Waals surface area contributed by atoms with Gasteiger partial charge in [-0.25, -0.2) is 4.98 Å². The Labute approximate surface area is 168 Å². The fourth-order valence-corrected chi connectivity index (χ4v) is 5.26. The van der Waals surface area contributed by atoms with E-state index in [4.69, 9.17) is 0 Å². The Balaban J connectivity index is 1.19. The number of piperidine rings is 1. The summed E-state index contributed by atoms with van der Waals surface area (Å²) in [6, 6.07) is 10.5. The fraction of sp³-hybridized carbons (Fsp3) is 0.476. The quantitative estimate of drug-likeness (QED) is 0.680. The van der Waals surface area contributed by atoms with Crippen LogP contribution < -0.4 is 10.5 Å². The maximum absolute atomic E-state index is 12.2. The highest BCUT2D eigenvalue weighted by atomic mass is 32.1. The number of benzene rings is 1. The van der Waals surface area contributed by atoms with E-state index in [1.165, 1.54) is 46.4 Å². The van der Waals surface area contributed by atoms with Gasteiger partial charge in [0.1, 0.15) is 5.01 Å². The highest BCUT2D eigenvalue weighted by molar-refractivity contribution is 7.16. The minimum absolute atomic E-state index is 0.0769. The van der Waals surface area contributed by atoms with Gasteiger partial charge >= 0.3 is 0 Å². The van der Waals surface area contributed by atoms with Crippen LogP contribution in [-0.4, -0.2) is 45.7 Å². The molecule has 1 aromatic carbocycles. The van der Waals surface area contributed by atoms with E-state index in [9.17, 15) is 4.79 Å². The molecule has 1 fully saturated rings. The first kappa shape index (κ1) is 17.8. The van der Waals surface area contributed by atoms with E-state index in [-0.39, 0.29) is 5.56 Å². The third-order valence-electron chi connectivity index (χ3n) is 5.95. The van der Waals surface area contributed by atoms with Crippen molar-refractivity contribution in [2.45, 2.75) is 32.7 Å². The molecule has 1 saturated heterocycles. The first-order chi connectivity index (χ1) is 13.7. The zero-order valence-corrected chi connectivity index (χ0v) is 17.0. The first-order valence-corrected chi connectivity index (χ1v) is 10.9. The van der Waals surface area contributed by atoms with Crippen LogP contribution in [0.25, 0.3) is 4.96 Å². The van der Waals surface area contributed by atoms with Gasteiger partial charge in [-0.05, 0) is 56.8 Å². The molecule has 0 amide bonds. The number of anilines is 1. The molecule has 2 aromatic heterocycles. The van der Waals surface area contributed by atoms with Crippen molar-refractivity contribution in [3.05, 3.63) is 57.0 Å². The van der Waals surface area contributed by atoms with Gasteiger partial charge in [-0.1, -0.05) is 29.5 Å². The summed E-state index contributed by atoms with van der Waals surface area (Å²) >= 11 is 1.47. The van der Waals surface area contributed by atoms with Gasteiger partial charge in [0, 0.05) is 31.4 Å². The van der Waals surface area contributed by atoms with Gasteiger partial charge in [0.15, 0.2) is 0 Å². The third-order valence-corrected chi connectivity index (χ3v) is 6.78. The van der Waals surface area contributed by atoms with Crippen molar-refractivity contribution in [2.75, 3.05) is 31.1 Å². The molecule has 28 heavy (non-hydrogen) atoms. The van der Waals surface area contributed by atoms with Gasteiger partial charge in [-0.3, -0.25) is 9.69 Å². The number of hydrogen-bond donors (Lipinski definition) is 0. The van der Waals surface area contributed by atoms with Gasteiger partial charge in [0.2, 0.25) is 4.96 Å². The van der Waals surface area contributed by atoms with Crippen molar-refractivity contribution in [1.29, 1.82) is 0 Å². The Morgan fingerprint density at radius 2 is 2.00 bits per heavy atom. The number of aromatic nitrogens is 3. The second kappa shape index (κ2) is 7.29. The molecule has 5 rings (SSSR count). The minimum atomic E-state index is -0.0769. The minimum Gasteiger partial charge on any atom is -0.371 e. The number of hydrogen-bond acceptors (Lipinski definition) is 6.